The lowest BCUT2D eigenvalue weighted by Crippen LogP contribution is -2.58. The van der Waals surface area contributed by atoms with Gasteiger partial charge in [0.2, 0.25) is 0 Å². The van der Waals surface area contributed by atoms with Crippen molar-refractivity contribution in [3.8, 4) is 0 Å². The number of rotatable bonds is 6. The van der Waals surface area contributed by atoms with Crippen LogP contribution in [0.15, 0.2) is 0 Å². The lowest BCUT2D eigenvalue weighted by Gasteiger charge is -2.32. The first-order valence-corrected chi connectivity index (χ1v) is 6.83. The number of amides is 1. The first-order chi connectivity index (χ1) is 7.67. The molecule has 4 N–H and O–H groups in total. The lowest BCUT2D eigenvalue weighted by molar-refractivity contribution is 0.158. The van der Waals surface area contributed by atoms with E-state index in [4.69, 9.17) is 5.73 Å². The summed E-state index contributed by atoms with van der Waals surface area (Å²) in [4.78, 5) is 11.0. The third-order valence-corrected chi connectivity index (χ3v) is 3.73. The van der Waals surface area contributed by atoms with Crippen LogP contribution in [0.3, 0.4) is 0 Å². The number of ether oxygens (including phenoxy) is 1. The van der Waals surface area contributed by atoms with Crippen molar-refractivity contribution in [2.75, 3.05) is 13.2 Å². The molecule has 0 aliphatic heterocycles. The monoisotopic (exact) mass is 267 g/mol. The fraction of sp³-hybridized carbons (Fsp3) is 0.889. The Labute approximate surface area is 102 Å². The Balaban J connectivity index is 4.69. The lowest BCUT2D eigenvalue weighted by atomic mass is 9.90. The average molecular weight is 267 g/mol. The van der Waals surface area contributed by atoms with Gasteiger partial charge in [0.25, 0.3) is 0 Å². The molecule has 1 unspecified atom stereocenters. The van der Waals surface area contributed by atoms with E-state index in [1.807, 2.05) is 13.8 Å². The molecule has 0 aromatic rings. The second kappa shape index (κ2) is 6.18. The molecular formula is C9H21N3O4S. The first-order valence-electron chi connectivity index (χ1n) is 5.35. The molecule has 0 aromatic heterocycles. The molecule has 0 rings (SSSR count). The highest BCUT2D eigenvalue weighted by Gasteiger charge is 2.32. The second-order valence-corrected chi connectivity index (χ2v) is 5.62. The van der Waals surface area contributed by atoms with Crippen molar-refractivity contribution < 1.29 is 17.9 Å². The third kappa shape index (κ3) is 5.33. The van der Waals surface area contributed by atoms with Crippen LogP contribution in [0.4, 0.5) is 4.79 Å². The number of hydrogen-bond acceptors (Lipinski definition) is 5. The Bertz CT molecular complexity index is 355. The van der Waals surface area contributed by atoms with Gasteiger partial charge in [0.1, 0.15) is 0 Å². The Morgan fingerprint density at radius 3 is 2.35 bits per heavy atom. The van der Waals surface area contributed by atoms with Crippen molar-refractivity contribution in [1.82, 2.24) is 9.44 Å². The van der Waals surface area contributed by atoms with Gasteiger partial charge >= 0.3 is 16.3 Å². The smallest absolute Gasteiger partial charge is 0.421 e. The van der Waals surface area contributed by atoms with E-state index < -0.39 is 21.8 Å². The number of carbonyl (C=O) groups excluding carboxylic acids is 1. The van der Waals surface area contributed by atoms with Crippen LogP contribution < -0.4 is 15.2 Å². The molecule has 0 fully saturated rings. The van der Waals surface area contributed by atoms with Crippen molar-refractivity contribution in [3.63, 3.8) is 0 Å². The molecule has 0 aromatic carbocycles. The molecule has 7 nitrogen and oxygen atoms in total. The predicted molar refractivity (Wildman–Crippen MR) is 64.5 cm³/mol. The molecule has 1 atom stereocenters. The van der Waals surface area contributed by atoms with Crippen LogP contribution in [-0.2, 0) is 14.9 Å². The van der Waals surface area contributed by atoms with E-state index >= 15 is 0 Å². The van der Waals surface area contributed by atoms with Crippen LogP contribution in [0, 0.1) is 5.92 Å². The minimum absolute atomic E-state index is 0.0220. The summed E-state index contributed by atoms with van der Waals surface area (Å²) < 4.78 is 31.8. The van der Waals surface area contributed by atoms with Crippen LogP contribution in [-0.4, -0.2) is 33.2 Å². The van der Waals surface area contributed by atoms with Crippen molar-refractivity contribution in [1.29, 1.82) is 0 Å². The summed E-state index contributed by atoms with van der Waals surface area (Å²) in [6.07, 6.45) is -1.01. The fourth-order valence-electron chi connectivity index (χ4n) is 0.998. The highest BCUT2D eigenvalue weighted by Crippen LogP contribution is 2.15. The van der Waals surface area contributed by atoms with Crippen LogP contribution >= 0.6 is 0 Å². The van der Waals surface area contributed by atoms with Crippen molar-refractivity contribution in [2.45, 2.75) is 33.2 Å². The summed E-state index contributed by atoms with van der Waals surface area (Å²) in [6.45, 7) is 7.13. The van der Waals surface area contributed by atoms with Gasteiger partial charge in [-0.1, -0.05) is 13.8 Å². The predicted octanol–water partition coefficient (Wildman–Crippen LogP) is -0.0597. The van der Waals surface area contributed by atoms with Gasteiger partial charge in [-0.15, -0.1) is 0 Å². The molecule has 0 spiro atoms. The number of carbonyl (C=O) groups is 1. The van der Waals surface area contributed by atoms with Gasteiger partial charge in [0.15, 0.2) is 0 Å². The van der Waals surface area contributed by atoms with Gasteiger partial charge in [-0.2, -0.15) is 13.1 Å². The molecule has 0 saturated heterocycles. The molecule has 8 heteroatoms. The Morgan fingerprint density at radius 1 is 1.47 bits per heavy atom. The topological polar surface area (TPSA) is 111 Å². The van der Waals surface area contributed by atoms with Crippen molar-refractivity contribution in [3.05, 3.63) is 0 Å². The maximum Gasteiger partial charge on any atom is 0.421 e. The summed E-state index contributed by atoms with van der Waals surface area (Å²) in [5.74, 6) is -0.0220. The SMILES string of the molecule is CCOC(=O)NS(=O)(=O)NC(C)(CN)C(C)C. The quantitative estimate of drug-likeness (QED) is 0.624. The number of nitrogens with one attached hydrogen (secondary N) is 2. The second-order valence-electron chi connectivity index (χ2n) is 4.20. The molecular weight excluding hydrogens is 246 g/mol. The van der Waals surface area contributed by atoms with Gasteiger partial charge < -0.3 is 10.5 Å². The van der Waals surface area contributed by atoms with Crippen molar-refractivity contribution in [2.24, 2.45) is 11.7 Å². The van der Waals surface area contributed by atoms with Gasteiger partial charge in [-0.25, -0.2) is 9.52 Å². The van der Waals surface area contributed by atoms with Crippen LogP contribution in [0.25, 0.3) is 0 Å². The third-order valence-electron chi connectivity index (χ3n) is 2.56. The van der Waals surface area contributed by atoms with Gasteiger partial charge in [-0.3, -0.25) is 0 Å². The van der Waals surface area contributed by atoms with Crippen LogP contribution in [0.5, 0.6) is 0 Å². The van der Waals surface area contributed by atoms with E-state index in [1.54, 1.807) is 18.6 Å². The first kappa shape index (κ1) is 16.1. The summed E-state index contributed by atoms with van der Waals surface area (Å²) in [6, 6.07) is 0. The minimum atomic E-state index is -3.97. The van der Waals surface area contributed by atoms with Gasteiger partial charge in [0, 0.05) is 12.1 Å². The van der Waals surface area contributed by atoms with E-state index in [0.717, 1.165) is 0 Å². The molecule has 0 radical (unpaired) electrons. The number of hydrogen-bond donors (Lipinski definition) is 3. The molecule has 0 saturated carbocycles. The van der Waals surface area contributed by atoms with Gasteiger partial charge in [-0.05, 0) is 19.8 Å². The summed E-state index contributed by atoms with van der Waals surface area (Å²) >= 11 is 0. The summed E-state index contributed by atoms with van der Waals surface area (Å²) in [7, 11) is -3.97. The molecule has 0 aliphatic rings. The minimum Gasteiger partial charge on any atom is -0.449 e. The summed E-state index contributed by atoms with van der Waals surface area (Å²) in [5.41, 5.74) is 4.71. The maximum absolute atomic E-state index is 11.6. The van der Waals surface area contributed by atoms with E-state index in [-0.39, 0.29) is 19.1 Å². The Hall–Kier alpha value is -0.860. The normalized spacial score (nSPS) is 15.4. The molecule has 1 amide bonds. The fourth-order valence-corrected chi connectivity index (χ4v) is 2.26. The Kier molecular flexibility index (Phi) is 5.86. The average Bonchev–Trinajstić information content (AvgIpc) is 2.15. The highest BCUT2D eigenvalue weighted by molar-refractivity contribution is 7.88. The highest BCUT2D eigenvalue weighted by atomic mass is 32.2. The zero-order valence-electron chi connectivity index (χ0n) is 10.6. The van der Waals surface area contributed by atoms with Crippen LogP contribution in [0.1, 0.15) is 27.7 Å². The number of nitrogens with two attached hydrogens (primary N) is 1. The van der Waals surface area contributed by atoms with E-state index in [0.29, 0.717) is 0 Å². The molecule has 0 aliphatic carbocycles. The Morgan fingerprint density at radius 2 is 2.00 bits per heavy atom. The van der Waals surface area contributed by atoms with Crippen LogP contribution in [0.2, 0.25) is 0 Å². The molecule has 0 heterocycles. The zero-order chi connectivity index (χ0) is 13.7. The zero-order valence-corrected chi connectivity index (χ0v) is 11.4. The summed E-state index contributed by atoms with van der Waals surface area (Å²) in [5, 5.41) is 0. The molecule has 102 valence electrons. The van der Waals surface area contributed by atoms with E-state index in [9.17, 15) is 13.2 Å². The van der Waals surface area contributed by atoms with Crippen molar-refractivity contribution >= 4 is 16.3 Å². The standard InChI is InChI=1S/C9H21N3O4S/c1-5-16-8(13)11-17(14,15)12-9(4,6-10)7(2)3/h7,12H,5-6,10H2,1-4H3,(H,11,13). The maximum atomic E-state index is 11.6. The molecule has 0 bridgehead atoms. The van der Waals surface area contributed by atoms with E-state index in [2.05, 4.69) is 9.46 Å². The largest absolute Gasteiger partial charge is 0.449 e. The van der Waals surface area contributed by atoms with Gasteiger partial charge in [0.05, 0.1) is 6.61 Å². The van der Waals surface area contributed by atoms with E-state index in [1.165, 1.54) is 0 Å². The molecule has 17 heavy (non-hydrogen) atoms.